The highest BCUT2D eigenvalue weighted by atomic mass is 16.5. The van der Waals surface area contributed by atoms with Crippen LogP contribution in [0.2, 0.25) is 0 Å². The van der Waals surface area contributed by atoms with Crippen LogP contribution in [0.5, 0.6) is 5.75 Å². The molecule has 2 aromatic rings. The number of hydrogen-bond acceptors (Lipinski definition) is 5. The van der Waals surface area contributed by atoms with Gasteiger partial charge in [0.25, 0.3) is 0 Å². The van der Waals surface area contributed by atoms with Crippen molar-refractivity contribution in [1.29, 1.82) is 0 Å². The summed E-state index contributed by atoms with van der Waals surface area (Å²) in [5, 5.41) is 5.41. The third kappa shape index (κ3) is 5.34. The molecule has 0 heterocycles. The van der Waals surface area contributed by atoms with Crippen LogP contribution in [0.4, 0.5) is 11.4 Å². The van der Waals surface area contributed by atoms with E-state index in [9.17, 15) is 14.4 Å². The molecule has 2 aromatic carbocycles. The van der Waals surface area contributed by atoms with Crippen molar-refractivity contribution in [2.75, 3.05) is 23.8 Å². The highest BCUT2D eigenvalue weighted by Gasteiger charge is 2.37. The molecule has 0 unspecified atom stereocenters. The largest absolute Gasteiger partial charge is 0.492 e. The molecule has 0 saturated heterocycles. The van der Waals surface area contributed by atoms with Crippen molar-refractivity contribution in [3.8, 4) is 5.75 Å². The second-order valence-electron chi connectivity index (χ2n) is 6.73. The van der Waals surface area contributed by atoms with Crippen LogP contribution in [0.3, 0.4) is 0 Å². The number of carbonyl (C=O) groups is 3. The molecule has 0 aliphatic heterocycles. The Hall–Kier alpha value is -3.35. The van der Waals surface area contributed by atoms with E-state index in [4.69, 9.17) is 9.47 Å². The Balaban J connectivity index is 2.18. The van der Waals surface area contributed by atoms with E-state index in [-0.39, 0.29) is 17.9 Å². The summed E-state index contributed by atoms with van der Waals surface area (Å²) >= 11 is 0. The number of anilines is 2. The molecule has 7 heteroatoms. The van der Waals surface area contributed by atoms with Gasteiger partial charge in [0.1, 0.15) is 11.2 Å². The number of benzene rings is 2. The number of rotatable bonds is 8. The Morgan fingerprint density at radius 2 is 1.38 bits per heavy atom. The second kappa shape index (κ2) is 9.73. The Bertz CT molecular complexity index is 892. The number of nitrogens with one attached hydrogen (secondary N) is 2. The average molecular weight is 398 g/mol. The number of para-hydroxylation sites is 3. The number of amides is 2. The third-order valence-corrected chi connectivity index (χ3v) is 4.24. The molecular weight excluding hydrogens is 372 g/mol. The van der Waals surface area contributed by atoms with Crippen LogP contribution in [-0.4, -0.2) is 31.0 Å². The molecule has 0 bridgehead atoms. The zero-order valence-electron chi connectivity index (χ0n) is 17.1. The zero-order valence-corrected chi connectivity index (χ0v) is 17.1. The lowest BCUT2D eigenvalue weighted by Crippen LogP contribution is -2.42. The lowest BCUT2D eigenvalue weighted by Gasteiger charge is -2.24. The maximum Gasteiger partial charge on any atom is 0.340 e. The van der Waals surface area contributed by atoms with Crippen molar-refractivity contribution in [2.24, 2.45) is 5.41 Å². The fourth-order valence-electron chi connectivity index (χ4n) is 2.49. The van der Waals surface area contributed by atoms with Crippen molar-refractivity contribution in [1.82, 2.24) is 0 Å². The summed E-state index contributed by atoms with van der Waals surface area (Å²) in [5.74, 6) is -1.08. The number of esters is 1. The molecule has 29 heavy (non-hydrogen) atoms. The lowest BCUT2D eigenvalue weighted by molar-refractivity contribution is -0.135. The first-order valence-electron chi connectivity index (χ1n) is 9.42. The minimum atomic E-state index is -1.42. The third-order valence-electron chi connectivity index (χ3n) is 4.24. The topological polar surface area (TPSA) is 93.7 Å². The van der Waals surface area contributed by atoms with Crippen molar-refractivity contribution in [2.45, 2.75) is 27.7 Å². The Morgan fingerprint density at radius 1 is 0.828 bits per heavy atom. The van der Waals surface area contributed by atoms with E-state index in [2.05, 4.69) is 10.6 Å². The Morgan fingerprint density at radius 3 is 2.00 bits per heavy atom. The van der Waals surface area contributed by atoms with Crippen LogP contribution in [-0.2, 0) is 14.3 Å². The van der Waals surface area contributed by atoms with Gasteiger partial charge >= 0.3 is 5.97 Å². The highest BCUT2D eigenvalue weighted by Crippen LogP contribution is 2.28. The summed E-state index contributed by atoms with van der Waals surface area (Å²) in [6.45, 7) is 7.22. The lowest BCUT2D eigenvalue weighted by atomic mass is 9.90. The van der Waals surface area contributed by atoms with E-state index in [0.29, 0.717) is 18.0 Å². The first kappa shape index (κ1) is 21.9. The normalized spacial score (nSPS) is 10.8. The molecule has 2 rings (SSSR count). The van der Waals surface area contributed by atoms with E-state index in [0.717, 1.165) is 0 Å². The van der Waals surface area contributed by atoms with Crippen LogP contribution in [0.25, 0.3) is 0 Å². The average Bonchev–Trinajstić information content (AvgIpc) is 2.70. The standard InChI is InChI=1S/C22H26N2O5/c1-5-28-18-14-10-9-13-17(18)24-21(27)22(3,4)20(26)23-16-12-8-7-11-15(16)19(25)29-6-2/h7-14H,5-6H2,1-4H3,(H,23,26)(H,24,27). The first-order chi connectivity index (χ1) is 13.8. The van der Waals surface area contributed by atoms with Gasteiger partial charge in [0.15, 0.2) is 0 Å². The van der Waals surface area contributed by atoms with Crippen LogP contribution in [0.1, 0.15) is 38.1 Å². The van der Waals surface area contributed by atoms with Gasteiger partial charge in [0.2, 0.25) is 11.8 Å². The van der Waals surface area contributed by atoms with Gasteiger partial charge in [-0.25, -0.2) is 4.79 Å². The number of carbonyl (C=O) groups excluding carboxylic acids is 3. The summed E-state index contributed by atoms with van der Waals surface area (Å²) in [5.41, 5.74) is -0.430. The van der Waals surface area contributed by atoms with E-state index in [1.165, 1.54) is 13.8 Å². The van der Waals surface area contributed by atoms with Crippen LogP contribution in [0.15, 0.2) is 48.5 Å². The molecule has 7 nitrogen and oxygen atoms in total. The molecule has 0 aliphatic carbocycles. The molecule has 0 spiro atoms. The minimum Gasteiger partial charge on any atom is -0.492 e. The molecule has 0 fully saturated rings. The summed E-state index contributed by atoms with van der Waals surface area (Å²) < 4.78 is 10.5. The molecule has 0 atom stereocenters. The summed E-state index contributed by atoms with van der Waals surface area (Å²) in [7, 11) is 0. The van der Waals surface area contributed by atoms with E-state index in [1.54, 1.807) is 55.5 Å². The van der Waals surface area contributed by atoms with E-state index in [1.807, 2.05) is 6.92 Å². The minimum absolute atomic E-state index is 0.217. The molecule has 2 amide bonds. The van der Waals surface area contributed by atoms with Gasteiger partial charge in [0.05, 0.1) is 30.2 Å². The SMILES string of the molecule is CCOC(=O)c1ccccc1NC(=O)C(C)(C)C(=O)Nc1ccccc1OCC. The van der Waals surface area contributed by atoms with Gasteiger partial charge in [-0.15, -0.1) is 0 Å². The first-order valence-corrected chi connectivity index (χ1v) is 9.42. The van der Waals surface area contributed by atoms with E-state index >= 15 is 0 Å². The van der Waals surface area contributed by atoms with Gasteiger partial charge in [-0.3, -0.25) is 9.59 Å². The highest BCUT2D eigenvalue weighted by molar-refractivity contribution is 6.15. The maximum absolute atomic E-state index is 12.9. The van der Waals surface area contributed by atoms with Gasteiger partial charge in [-0.1, -0.05) is 24.3 Å². The second-order valence-corrected chi connectivity index (χ2v) is 6.73. The predicted octanol–water partition coefficient (Wildman–Crippen LogP) is 3.87. The van der Waals surface area contributed by atoms with Gasteiger partial charge in [-0.2, -0.15) is 0 Å². The van der Waals surface area contributed by atoms with Crippen molar-refractivity contribution < 1.29 is 23.9 Å². The maximum atomic E-state index is 12.9. The number of ether oxygens (including phenoxy) is 2. The van der Waals surface area contributed by atoms with Crippen molar-refractivity contribution >= 4 is 29.2 Å². The number of hydrogen-bond donors (Lipinski definition) is 2. The fraction of sp³-hybridized carbons (Fsp3) is 0.318. The molecule has 154 valence electrons. The predicted molar refractivity (Wildman–Crippen MR) is 111 cm³/mol. The van der Waals surface area contributed by atoms with E-state index < -0.39 is 23.2 Å². The van der Waals surface area contributed by atoms with Crippen LogP contribution < -0.4 is 15.4 Å². The van der Waals surface area contributed by atoms with Crippen LogP contribution in [0, 0.1) is 5.41 Å². The van der Waals surface area contributed by atoms with Crippen molar-refractivity contribution in [3.63, 3.8) is 0 Å². The van der Waals surface area contributed by atoms with Gasteiger partial charge in [0, 0.05) is 0 Å². The molecule has 2 N–H and O–H groups in total. The summed E-state index contributed by atoms with van der Waals surface area (Å²) in [6, 6.07) is 13.5. The molecule has 0 saturated carbocycles. The summed E-state index contributed by atoms with van der Waals surface area (Å²) in [4.78, 5) is 37.8. The zero-order chi connectivity index (χ0) is 21.4. The quantitative estimate of drug-likeness (QED) is 0.520. The molecule has 0 aromatic heterocycles. The van der Waals surface area contributed by atoms with Crippen LogP contribution >= 0.6 is 0 Å². The van der Waals surface area contributed by atoms with Gasteiger partial charge < -0.3 is 20.1 Å². The molecule has 0 aliphatic rings. The van der Waals surface area contributed by atoms with Crippen molar-refractivity contribution in [3.05, 3.63) is 54.1 Å². The van der Waals surface area contributed by atoms with Gasteiger partial charge in [-0.05, 0) is 52.0 Å². The summed E-state index contributed by atoms with van der Waals surface area (Å²) in [6.07, 6.45) is 0. The molecule has 0 radical (unpaired) electrons. The molecular formula is C22H26N2O5. The Kier molecular flexibility index (Phi) is 7.36. The smallest absolute Gasteiger partial charge is 0.340 e. The monoisotopic (exact) mass is 398 g/mol. The fourth-order valence-corrected chi connectivity index (χ4v) is 2.49. The Labute approximate surface area is 170 Å².